The highest BCUT2D eigenvalue weighted by Crippen LogP contribution is 2.43. The molecule has 0 fully saturated rings. The van der Waals surface area contributed by atoms with E-state index < -0.39 is 59.6 Å². The number of aliphatic hydroxyl groups excluding tert-OH is 1. The Kier molecular flexibility index (Phi) is 18.8. The van der Waals surface area contributed by atoms with Gasteiger partial charge in [0.2, 0.25) is 0 Å². The first-order valence-corrected chi connectivity index (χ1v) is 14.8. The van der Waals surface area contributed by atoms with E-state index in [1.54, 1.807) is 0 Å². The van der Waals surface area contributed by atoms with Crippen molar-refractivity contribution in [1.29, 1.82) is 0 Å². The van der Waals surface area contributed by atoms with Crippen molar-refractivity contribution >= 4 is 27.6 Å². The number of hydrogen-bond acceptors (Lipinski definition) is 10. The standard InChI is InChI=1S/C20H40O13P2/c1-3-5-7-8-9-10-12-20(23)33-18(15-29-19(22)11-6-4-2)16-32-35(27,28)31-14-17(21)13-30-34(24,25)26/h17-18,21H,3-16H2,1-2H3,(H,27,28)(H2,24,25,26)/t17-,18-/m1/s1. The molecule has 0 radical (unpaired) electrons. The Hall–Kier alpha value is -0.880. The highest BCUT2D eigenvalue weighted by atomic mass is 31.2. The van der Waals surface area contributed by atoms with Gasteiger partial charge < -0.3 is 29.3 Å². The predicted molar refractivity (Wildman–Crippen MR) is 124 cm³/mol. The molecule has 15 heteroatoms. The number of esters is 2. The van der Waals surface area contributed by atoms with E-state index in [1.165, 1.54) is 0 Å². The fourth-order valence-corrected chi connectivity index (χ4v) is 3.77. The Balaban J connectivity index is 4.67. The number of aliphatic hydroxyl groups is 1. The molecule has 0 bridgehead atoms. The van der Waals surface area contributed by atoms with Crippen LogP contribution in [0.2, 0.25) is 0 Å². The van der Waals surface area contributed by atoms with Crippen LogP contribution in [0.4, 0.5) is 0 Å². The summed E-state index contributed by atoms with van der Waals surface area (Å²) in [5.41, 5.74) is 0. The number of phosphoric acid groups is 2. The van der Waals surface area contributed by atoms with Gasteiger partial charge in [0.1, 0.15) is 12.7 Å². The normalized spacial score (nSPS) is 15.3. The number of unbranched alkanes of at least 4 members (excludes halogenated alkanes) is 6. The largest absolute Gasteiger partial charge is 0.472 e. The quantitative estimate of drug-likeness (QED) is 0.0873. The molecule has 4 N–H and O–H groups in total. The molecule has 0 saturated heterocycles. The minimum absolute atomic E-state index is 0.130. The van der Waals surface area contributed by atoms with Crippen LogP contribution < -0.4 is 0 Å². The molecule has 3 atom stereocenters. The molecule has 0 heterocycles. The van der Waals surface area contributed by atoms with Crippen molar-refractivity contribution in [2.75, 3.05) is 26.4 Å². The van der Waals surface area contributed by atoms with Gasteiger partial charge in [0.15, 0.2) is 6.10 Å². The van der Waals surface area contributed by atoms with Gasteiger partial charge in [0.05, 0.1) is 19.8 Å². The van der Waals surface area contributed by atoms with Crippen LogP contribution in [-0.4, -0.2) is 70.4 Å². The van der Waals surface area contributed by atoms with Crippen molar-refractivity contribution in [1.82, 2.24) is 0 Å². The number of carbonyl (C=O) groups excluding carboxylic acids is 2. The van der Waals surface area contributed by atoms with Crippen LogP contribution in [0.1, 0.15) is 78.1 Å². The van der Waals surface area contributed by atoms with Crippen molar-refractivity contribution in [2.24, 2.45) is 0 Å². The average Bonchev–Trinajstić information content (AvgIpc) is 2.78. The number of rotatable bonds is 22. The van der Waals surface area contributed by atoms with E-state index in [1.807, 2.05) is 6.92 Å². The second-order valence-corrected chi connectivity index (χ2v) is 10.6. The zero-order valence-electron chi connectivity index (χ0n) is 20.4. The summed E-state index contributed by atoms with van der Waals surface area (Å²) < 4.78 is 46.4. The Morgan fingerprint density at radius 1 is 0.714 bits per heavy atom. The summed E-state index contributed by atoms with van der Waals surface area (Å²) >= 11 is 0. The highest BCUT2D eigenvalue weighted by Gasteiger charge is 2.28. The molecular formula is C20H40O13P2. The summed E-state index contributed by atoms with van der Waals surface area (Å²) in [4.78, 5) is 50.9. The van der Waals surface area contributed by atoms with Gasteiger partial charge in [-0.3, -0.25) is 23.2 Å². The van der Waals surface area contributed by atoms with Gasteiger partial charge >= 0.3 is 27.6 Å². The Morgan fingerprint density at radius 2 is 1.26 bits per heavy atom. The summed E-state index contributed by atoms with van der Waals surface area (Å²) in [5.74, 6) is -1.09. The number of phosphoric ester groups is 2. The van der Waals surface area contributed by atoms with Gasteiger partial charge in [-0.25, -0.2) is 9.13 Å². The topological polar surface area (TPSA) is 195 Å². The number of ether oxygens (including phenoxy) is 2. The maximum Gasteiger partial charge on any atom is 0.472 e. The van der Waals surface area contributed by atoms with Gasteiger partial charge in [-0.1, -0.05) is 52.4 Å². The number of hydrogen-bond donors (Lipinski definition) is 4. The first-order valence-electron chi connectivity index (χ1n) is 11.7. The molecular weight excluding hydrogens is 510 g/mol. The maximum atomic E-state index is 12.2. The zero-order chi connectivity index (χ0) is 26.7. The molecule has 0 amide bonds. The van der Waals surface area contributed by atoms with E-state index in [2.05, 4.69) is 16.0 Å². The Bertz CT molecular complexity index is 682. The van der Waals surface area contributed by atoms with Crippen molar-refractivity contribution in [3.63, 3.8) is 0 Å². The Morgan fingerprint density at radius 3 is 1.89 bits per heavy atom. The fraction of sp³-hybridized carbons (Fsp3) is 0.900. The molecule has 0 aliphatic heterocycles. The van der Waals surface area contributed by atoms with Crippen LogP contribution in [0, 0.1) is 0 Å². The van der Waals surface area contributed by atoms with E-state index in [9.17, 15) is 28.7 Å². The van der Waals surface area contributed by atoms with Crippen LogP contribution in [0.5, 0.6) is 0 Å². The molecule has 1 unspecified atom stereocenters. The molecule has 0 aromatic carbocycles. The molecule has 0 rings (SSSR count). The fourth-order valence-electron chi connectivity index (χ4n) is 2.62. The lowest BCUT2D eigenvalue weighted by atomic mass is 10.1. The minimum atomic E-state index is -4.83. The van der Waals surface area contributed by atoms with E-state index in [4.69, 9.17) is 23.8 Å². The Labute approximate surface area is 206 Å². The van der Waals surface area contributed by atoms with Crippen molar-refractivity contribution in [2.45, 2.75) is 90.3 Å². The van der Waals surface area contributed by atoms with E-state index >= 15 is 0 Å². The highest BCUT2D eigenvalue weighted by molar-refractivity contribution is 7.47. The summed E-state index contributed by atoms with van der Waals surface area (Å²) in [6, 6.07) is 0. The lowest BCUT2D eigenvalue weighted by Crippen LogP contribution is -2.29. The van der Waals surface area contributed by atoms with Gasteiger partial charge in [0, 0.05) is 12.8 Å². The van der Waals surface area contributed by atoms with E-state index in [0.717, 1.165) is 38.5 Å². The van der Waals surface area contributed by atoms with E-state index in [0.29, 0.717) is 12.8 Å². The summed E-state index contributed by atoms with van der Waals surface area (Å²) in [7, 11) is -9.58. The minimum Gasteiger partial charge on any atom is -0.462 e. The van der Waals surface area contributed by atoms with E-state index in [-0.39, 0.29) is 19.4 Å². The van der Waals surface area contributed by atoms with Crippen molar-refractivity contribution < 1.29 is 61.6 Å². The van der Waals surface area contributed by atoms with Crippen LogP contribution in [0.3, 0.4) is 0 Å². The number of carbonyl (C=O) groups is 2. The summed E-state index contributed by atoms with van der Waals surface area (Å²) in [5, 5.41) is 9.53. The first-order chi connectivity index (χ1) is 16.4. The van der Waals surface area contributed by atoms with Gasteiger partial charge in [0.25, 0.3) is 0 Å². The molecule has 35 heavy (non-hydrogen) atoms. The third-order valence-electron chi connectivity index (χ3n) is 4.49. The molecule has 0 aromatic rings. The van der Waals surface area contributed by atoms with Crippen LogP contribution in [-0.2, 0) is 41.8 Å². The SMILES string of the molecule is CCCCCCCCC(=O)O[C@H](COC(=O)CCCC)COP(=O)(O)OC[C@H](O)COP(=O)(O)O. The average molecular weight is 550 g/mol. The van der Waals surface area contributed by atoms with Gasteiger partial charge in [-0.2, -0.15) is 0 Å². The maximum absolute atomic E-state index is 12.2. The molecule has 0 aliphatic carbocycles. The molecule has 0 aliphatic rings. The van der Waals surface area contributed by atoms with Crippen LogP contribution in [0.25, 0.3) is 0 Å². The predicted octanol–water partition coefficient (Wildman–Crippen LogP) is 2.99. The van der Waals surface area contributed by atoms with Gasteiger partial charge in [-0.15, -0.1) is 0 Å². The van der Waals surface area contributed by atoms with Crippen LogP contribution >= 0.6 is 15.6 Å². The van der Waals surface area contributed by atoms with Crippen molar-refractivity contribution in [3.05, 3.63) is 0 Å². The second kappa shape index (κ2) is 19.3. The zero-order valence-corrected chi connectivity index (χ0v) is 22.2. The lowest BCUT2D eigenvalue weighted by Gasteiger charge is -2.20. The molecule has 0 aromatic heterocycles. The molecule has 13 nitrogen and oxygen atoms in total. The summed E-state index contributed by atoms with van der Waals surface area (Å²) in [6.45, 7) is 1.31. The summed E-state index contributed by atoms with van der Waals surface area (Å²) in [6.07, 6.45) is 4.70. The second-order valence-electron chi connectivity index (χ2n) is 7.92. The molecule has 0 spiro atoms. The third kappa shape index (κ3) is 22.1. The van der Waals surface area contributed by atoms with Crippen molar-refractivity contribution in [3.8, 4) is 0 Å². The third-order valence-corrected chi connectivity index (χ3v) is 5.92. The lowest BCUT2D eigenvalue weighted by molar-refractivity contribution is -0.161. The molecule has 208 valence electrons. The smallest absolute Gasteiger partial charge is 0.462 e. The monoisotopic (exact) mass is 550 g/mol. The molecule has 0 saturated carbocycles. The first kappa shape index (κ1) is 34.1. The van der Waals surface area contributed by atoms with Gasteiger partial charge in [-0.05, 0) is 12.8 Å². The van der Waals surface area contributed by atoms with Crippen LogP contribution in [0.15, 0.2) is 0 Å².